The Morgan fingerprint density at radius 1 is 0.763 bits per heavy atom. The Labute approximate surface area is 228 Å². The number of aromatic nitrogens is 4. The fourth-order valence-electron chi connectivity index (χ4n) is 5.98. The molecule has 11 heteroatoms. The molecule has 0 spiro atoms. The van der Waals surface area contributed by atoms with Crippen LogP contribution in [0.5, 0.6) is 0 Å². The van der Waals surface area contributed by atoms with Gasteiger partial charge >= 0.3 is 0 Å². The van der Waals surface area contributed by atoms with E-state index in [0.29, 0.717) is 11.4 Å². The summed E-state index contributed by atoms with van der Waals surface area (Å²) in [5, 5.41) is 13.0. The first-order valence-corrected chi connectivity index (χ1v) is 14.1. The van der Waals surface area contributed by atoms with Gasteiger partial charge in [0, 0.05) is 40.3 Å². The summed E-state index contributed by atoms with van der Waals surface area (Å²) in [6, 6.07) is 11.6. The number of likely N-dealkylation sites (tertiary alicyclic amines) is 2. The van der Waals surface area contributed by atoms with Crippen LogP contribution in [-0.4, -0.2) is 73.1 Å². The van der Waals surface area contributed by atoms with Gasteiger partial charge in [-0.3, -0.25) is 23.7 Å². The van der Waals surface area contributed by atoms with Gasteiger partial charge in [0.05, 0.1) is 32.0 Å². The Balaban J connectivity index is 1.25. The number of amides is 2. The van der Waals surface area contributed by atoms with Crippen LogP contribution in [-0.2, 0) is 18.9 Å². The first-order valence-electron chi connectivity index (χ1n) is 12.4. The van der Waals surface area contributed by atoms with Crippen molar-refractivity contribution in [2.75, 3.05) is 26.2 Å². The second-order valence-corrected chi connectivity index (χ2v) is 12.7. The predicted molar refractivity (Wildman–Crippen MR) is 146 cm³/mol. The van der Waals surface area contributed by atoms with Gasteiger partial charge in [-0.25, -0.2) is 0 Å². The lowest BCUT2D eigenvalue weighted by Gasteiger charge is -2.54. The fourth-order valence-corrected chi connectivity index (χ4v) is 7.52. The van der Waals surface area contributed by atoms with Gasteiger partial charge in [-0.2, -0.15) is 10.2 Å². The van der Waals surface area contributed by atoms with Gasteiger partial charge in [-0.05, 0) is 48.9 Å². The van der Waals surface area contributed by atoms with Crippen LogP contribution < -0.4 is 0 Å². The maximum atomic E-state index is 13.6. The molecule has 6 rings (SSSR count). The topological polar surface area (TPSA) is 93.3 Å². The van der Waals surface area contributed by atoms with E-state index in [9.17, 15) is 14.4 Å². The van der Waals surface area contributed by atoms with E-state index in [-0.39, 0.29) is 43.8 Å². The lowest BCUT2D eigenvalue weighted by molar-refractivity contribution is -0.153. The van der Waals surface area contributed by atoms with Crippen molar-refractivity contribution in [2.45, 2.75) is 13.8 Å². The van der Waals surface area contributed by atoms with Crippen LogP contribution in [0.25, 0.3) is 21.1 Å². The molecule has 0 aromatic carbocycles. The smallest absolute Gasteiger partial charge is 0.274 e. The molecule has 2 aliphatic heterocycles. The molecular weight excluding hydrogens is 520 g/mol. The molecule has 4 aromatic rings. The zero-order valence-electron chi connectivity index (χ0n) is 21.7. The highest BCUT2D eigenvalue weighted by molar-refractivity contribution is 7.13. The zero-order chi connectivity index (χ0) is 26.8. The number of nitrogens with zero attached hydrogens (tertiary/aromatic N) is 6. The maximum Gasteiger partial charge on any atom is 0.274 e. The highest BCUT2D eigenvalue weighted by Crippen LogP contribution is 2.43. The summed E-state index contributed by atoms with van der Waals surface area (Å²) in [7, 11) is 3.65. The molecule has 196 valence electrons. The van der Waals surface area contributed by atoms with Crippen molar-refractivity contribution in [3.63, 3.8) is 0 Å². The zero-order valence-corrected chi connectivity index (χ0v) is 23.3. The van der Waals surface area contributed by atoms with Crippen LogP contribution >= 0.6 is 22.7 Å². The van der Waals surface area contributed by atoms with E-state index in [1.807, 2.05) is 75.1 Å². The van der Waals surface area contributed by atoms with Gasteiger partial charge in [0.25, 0.3) is 11.8 Å². The van der Waals surface area contributed by atoms with Gasteiger partial charge in [-0.15, -0.1) is 22.7 Å². The van der Waals surface area contributed by atoms with Crippen molar-refractivity contribution >= 4 is 40.3 Å². The minimum Gasteiger partial charge on any atom is -0.335 e. The van der Waals surface area contributed by atoms with E-state index in [2.05, 4.69) is 10.2 Å². The Morgan fingerprint density at radius 3 is 1.50 bits per heavy atom. The number of piperidine rings is 2. The van der Waals surface area contributed by atoms with E-state index < -0.39 is 10.8 Å². The molecule has 0 saturated carbocycles. The summed E-state index contributed by atoms with van der Waals surface area (Å²) in [6.45, 7) is 4.65. The van der Waals surface area contributed by atoms with Gasteiger partial charge < -0.3 is 9.80 Å². The number of carbonyl (C=O) groups excluding carboxylic acids is 3. The van der Waals surface area contributed by atoms with Crippen LogP contribution in [0.15, 0.2) is 47.2 Å². The molecule has 2 amide bonds. The van der Waals surface area contributed by atoms with Gasteiger partial charge in [0.1, 0.15) is 0 Å². The summed E-state index contributed by atoms with van der Waals surface area (Å²) >= 11 is 3.18. The Hall–Kier alpha value is -3.57. The van der Waals surface area contributed by atoms with E-state index >= 15 is 0 Å². The lowest BCUT2D eigenvalue weighted by Crippen LogP contribution is -2.69. The van der Waals surface area contributed by atoms with E-state index in [4.69, 9.17) is 0 Å². The van der Waals surface area contributed by atoms with Crippen LogP contribution in [0.3, 0.4) is 0 Å². The fraction of sp³-hybridized carbons (Fsp3) is 0.370. The van der Waals surface area contributed by atoms with E-state index in [1.54, 1.807) is 41.8 Å². The molecule has 2 fully saturated rings. The van der Waals surface area contributed by atoms with E-state index in [0.717, 1.165) is 21.1 Å². The number of fused-ring (bicyclic) bond motifs is 2. The highest BCUT2D eigenvalue weighted by Gasteiger charge is 2.57. The number of carbonyl (C=O) groups is 3. The Kier molecular flexibility index (Phi) is 5.69. The molecule has 0 N–H and O–H groups in total. The normalized spacial score (nSPS) is 23.2. The van der Waals surface area contributed by atoms with E-state index in [1.165, 1.54) is 0 Å². The standard InChI is InChI=1S/C27H28N6O3S2/c1-26-13-32(23(34)17-11-19(30(3)28-17)21-7-5-9-37-21)15-27(2,25(26)36)16-33(14-26)24(35)18-12-20(31(4)29-18)22-8-6-10-38-22/h5-12H,13-16H2,1-4H3. The number of rotatable bonds is 4. The first-order chi connectivity index (χ1) is 18.1. The molecule has 9 nitrogen and oxygen atoms in total. The number of ketones is 1. The average molecular weight is 549 g/mol. The third kappa shape index (κ3) is 3.92. The van der Waals surface area contributed by atoms with Crippen molar-refractivity contribution in [2.24, 2.45) is 24.9 Å². The summed E-state index contributed by atoms with van der Waals surface area (Å²) in [5.41, 5.74) is 0.711. The van der Waals surface area contributed by atoms with Gasteiger partial charge in [0.15, 0.2) is 17.2 Å². The van der Waals surface area contributed by atoms with Crippen LogP contribution in [0.2, 0.25) is 0 Å². The van der Waals surface area contributed by atoms with Crippen molar-refractivity contribution in [3.05, 3.63) is 58.5 Å². The monoisotopic (exact) mass is 548 g/mol. The van der Waals surface area contributed by atoms with Crippen LogP contribution in [0.1, 0.15) is 34.8 Å². The highest BCUT2D eigenvalue weighted by atomic mass is 32.1. The molecule has 6 heterocycles. The third-order valence-electron chi connectivity index (χ3n) is 7.58. The number of Topliss-reactive ketones (excluding diaryl/α,β-unsaturated/α-hetero) is 1. The Morgan fingerprint density at radius 2 is 1.16 bits per heavy atom. The first kappa shape index (κ1) is 24.7. The molecule has 0 aliphatic carbocycles. The number of aryl methyl sites for hydroxylation is 2. The van der Waals surface area contributed by atoms with Gasteiger partial charge in [-0.1, -0.05) is 12.1 Å². The van der Waals surface area contributed by atoms with Crippen LogP contribution in [0, 0.1) is 10.8 Å². The summed E-state index contributed by atoms with van der Waals surface area (Å²) in [4.78, 5) is 46.3. The minimum absolute atomic E-state index is 0.0960. The van der Waals surface area contributed by atoms with Crippen LogP contribution in [0.4, 0.5) is 0 Å². The molecule has 0 atom stereocenters. The van der Waals surface area contributed by atoms with Crippen molar-refractivity contribution in [1.82, 2.24) is 29.4 Å². The molecule has 4 aromatic heterocycles. The third-order valence-corrected chi connectivity index (χ3v) is 9.36. The molecule has 0 radical (unpaired) electrons. The van der Waals surface area contributed by atoms with Crippen molar-refractivity contribution < 1.29 is 14.4 Å². The SMILES string of the molecule is Cn1nc(C(=O)N2CC3(C)CN(C(=O)c4cc(-c5cccs5)n(C)n4)CC(C)(C2)C3=O)cc1-c1cccs1. The predicted octanol–water partition coefficient (Wildman–Crippen LogP) is 3.80. The average Bonchev–Trinajstić information content (AvgIpc) is 3.67. The summed E-state index contributed by atoms with van der Waals surface area (Å²) in [6.07, 6.45) is 0. The largest absolute Gasteiger partial charge is 0.335 e. The quantitative estimate of drug-likeness (QED) is 0.387. The molecule has 2 aliphatic rings. The molecule has 2 bridgehead atoms. The molecular formula is C27H28N6O3S2. The minimum atomic E-state index is -0.882. The number of hydrogen-bond donors (Lipinski definition) is 0. The molecule has 2 saturated heterocycles. The number of thiophene rings is 2. The summed E-state index contributed by atoms with van der Waals surface area (Å²) in [5.74, 6) is -0.296. The van der Waals surface area contributed by atoms with Crippen molar-refractivity contribution in [3.8, 4) is 21.1 Å². The molecule has 38 heavy (non-hydrogen) atoms. The second-order valence-electron chi connectivity index (χ2n) is 10.8. The molecule has 0 unspecified atom stereocenters. The second kappa shape index (κ2) is 8.74. The Bertz CT molecular complexity index is 1420. The maximum absolute atomic E-state index is 13.6. The number of hydrogen-bond acceptors (Lipinski definition) is 7. The summed E-state index contributed by atoms with van der Waals surface area (Å²) < 4.78 is 3.44. The van der Waals surface area contributed by atoms with Crippen molar-refractivity contribution in [1.29, 1.82) is 0 Å². The lowest BCUT2D eigenvalue weighted by atomic mass is 9.64. The van der Waals surface area contributed by atoms with Gasteiger partial charge in [0.2, 0.25) is 0 Å².